The number of hydrogen-bond donors (Lipinski definition) is 4. The number of aromatic hydroxyl groups is 2. The lowest BCUT2D eigenvalue weighted by atomic mass is 10.1. The molecule has 0 atom stereocenters. The van der Waals surface area contributed by atoms with Crippen molar-refractivity contribution in [2.75, 3.05) is 0 Å². The Hall–Kier alpha value is -5.12. The van der Waals surface area contributed by atoms with Crippen LogP contribution in [-0.2, 0) is 0 Å². The molecule has 2 aromatic heterocycles. The fraction of sp³-hybridized carbons (Fsp3) is 0. The number of esters is 2. The van der Waals surface area contributed by atoms with Gasteiger partial charge in [-0.1, -0.05) is 24.3 Å². The second-order valence-electron chi connectivity index (χ2n) is 7.06. The van der Waals surface area contributed by atoms with Gasteiger partial charge in [-0.2, -0.15) is 0 Å². The van der Waals surface area contributed by atoms with Crippen LogP contribution in [0.2, 0.25) is 0 Å². The third-order valence-corrected chi connectivity index (χ3v) is 4.59. The molecule has 2 aromatic carbocycles. The fourth-order valence-corrected chi connectivity index (χ4v) is 3.06. The zero-order valence-electron chi connectivity index (χ0n) is 17.3. The summed E-state index contributed by atoms with van der Waals surface area (Å²) in [4.78, 5) is 51.4. The first-order valence-electron chi connectivity index (χ1n) is 9.78. The maximum Gasteiger partial charge on any atom is 0.343 e. The first-order chi connectivity index (χ1) is 16.3. The lowest BCUT2D eigenvalue weighted by Crippen LogP contribution is -2.13. The van der Waals surface area contributed by atoms with Gasteiger partial charge in [-0.3, -0.25) is 19.6 Å². The molecular formula is C24H16N2O8. The number of pyridine rings is 2. The average molecular weight is 460 g/mol. The molecule has 10 nitrogen and oxygen atoms in total. The minimum Gasteiger partial charge on any atom is -0.494 e. The molecule has 0 aliphatic heterocycles. The van der Waals surface area contributed by atoms with Gasteiger partial charge in [0.15, 0.2) is 11.8 Å². The Morgan fingerprint density at radius 2 is 0.941 bits per heavy atom. The van der Waals surface area contributed by atoms with Crippen LogP contribution in [0.5, 0.6) is 23.3 Å². The van der Waals surface area contributed by atoms with Crippen LogP contribution in [0.3, 0.4) is 0 Å². The van der Waals surface area contributed by atoms with Gasteiger partial charge in [0.25, 0.3) is 11.1 Å². The summed E-state index contributed by atoms with van der Waals surface area (Å²) in [6, 6.07) is 17.3. The minimum absolute atomic E-state index is 0.0919. The van der Waals surface area contributed by atoms with Crippen molar-refractivity contribution in [2.24, 2.45) is 0 Å². The van der Waals surface area contributed by atoms with E-state index in [1.165, 1.54) is 0 Å². The van der Waals surface area contributed by atoms with Crippen LogP contribution < -0.4 is 20.6 Å². The molecule has 34 heavy (non-hydrogen) atoms. The molecule has 0 spiro atoms. The van der Waals surface area contributed by atoms with E-state index in [4.69, 9.17) is 9.47 Å². The van der Waals surface area contributed by atoms with Gasteiger partial charge >= 0.3 is 11.9 Å². The van der Waals surface area contributed by atoms with Gasteiger partial charge in [-0.25, -0.2) is 9.59 Å². The van der Waals surface area contributed by atoms with Gasteiger partial charge in [0, 0.05) is 24.3 Å². The lowest BCUT2D eigenvalue weighted by Gasteiger charge is -2.08. The topological polar surface area (TPSA) is 159 Å². The number of rotatable bonds is 5. The largest absolute Gasteiger partial charge is 0.494 e. The zero-order valence-corrected chi connectivity index (χ0v) is 17.3. The summed E-state index contributed by atoms with van der Waals surface area (Å²) in [5, 5.41) is 18.8. The van der Waals surface area contributed by atoms with E-state index in [9.17, 15) is 29.4 Å². The average Bonchev–Trinajstić information content (AvgIpc) is 2.79. The third kappa shape index (κ3) is 5.19. The van der Waals surface area contributed by atoms with Crippen LogP contribution in [0.15, 0.2) is 82.4 Å². The molecule has 0 aliphatic rings. The first kappa shape index (κ1) is 22.1. The van der Waals surface area contributed by atoms with Gasteiger partial charge < -0.3 is 19.7 Å². The molecule has 0 aliphatic carbocycles. The fourth-order valence-electron chi connectivity index (χ4n) is 3.06. The van der Waals surface area contributed by atoms with Crippen LogP contribution in [0.25, 0.3) is 11.1 Å². The van der Waals surface area contributed by atoms with Crippen LogP contribution in [0.4, 0.5) is 0 Å². The molecule has 10 heteroatoms. The van der Waals surface area contributed by atoms with Gasteiger partial charge in [0.05, 0.1) is 11.1 Å². The van der Waals surface area contributed by atoms with Crippen LogP contribution in [0.1, 0.15) is 20.7 Å². The van der Waals surface area contributed by atoms with Crippen molar-refractivity contribution >= 4 is 11.9 Å². The monoisotopic (exact) mass is 460 g/mol. The summed E-state index contributed by atoms with van der Waals surface area (Å²) in [5.41, 5.74) is 0.118. The number of aromatic amines is 2. The summed E-state index contributed by atoms with van der Waals surface area (Å²) < 4.78 is 10.4. The number of hydrogen-bond acceptors (Lipinski definition) is 8. The summed E-state index contributed by atoms with van der Waals surface area (Å²) in [6.45, 7) is 0. The molecule has 4 aromatic rings. The Bertz CT molecular complexity index is 1370. The number of H-pyrrole nitrogens is 2. The number of aromatic nitrogens is 2. The lowest BCUT2D eigenvalue weighted by molar-refractivity contribution is 0.0724. The number of carbonyl (C=O) groups excluding carboxylic acids is 2. The van der Waals surface area contributed by atoms with Crippen molar-refractivity contribution in [3.63, 3.8) is 0 Å². The molecule has 170 valence electrons. The van der Waals surface area contributed by atoms with E-state index >= 15 is 0 Å². The molecule has 0 unspecified atom stereocenters. The van der Waals surface area contributed by atoms with Crippen LogP contribution >= 0.6 is 0 Å². The van der Waals surface area contributed by atoms with Crippen LogP contribution in [0, 0.1) is 0 Å². The van der Waals surface area contributed by atoms with Crippen molar-refractivity contribution in [2.45, 2.75) is 0 Å². The molecule has 4 N–H and O–H groups in total. The van der Waals surface area contributed by atoms with E-state index in [-0.39, 0.29) is 22.6 Å². The highest BCUT2D eigenvalue weighted by molar-refractivity contribution is 5.92. The Morgan fingerprint density at radius 3 is 1.26 bits per heavy atom. The molecule has 0 saturated heterocycles. The predicted octanol–water partition coefficient (Wildman–Crippen LogP) is 2.58. The Morgan fingerprint density at radius 1 is 0.588 bits per heavy atom. The Balaban J connectivity index is 1.42. The molecule has 2 heterocycles. The van der Waals surface area contributed by atoms with E-state index in [0.29, 0.717) is 0 Å². The van der Waals surface area contributed by atoms with Gasteiger partial charge in [0.2, 0.25) is 0 Å². The maximum atomic E-state index is 12.2. The summed E-state index contributed by atoms with van der Waals surface area (Å²) in [5.74, 6) is -2.01. The Kier molecular flexibility index (Phi) is 5.95. The van der Waals surface area contributed by atoms with E-state index in [1.54, 1.807) is 48.5 Å². The van der Waals surface area contributed by atoms with Crippen molar-refractivity contribution in [1.82, 2.24) is 9.97 Å². The van der Waals surface area contributed by atoms with E-state index in [2.05, 4.69) is 9.97 Å². The number of ether oxygens (including phenoxy) is 2. The van der Waals surface area contributed by atoms with Gasteiger partial charge in [-0.15, -0.1) is 0 Å². The summed E-state index contributed by atoms with van der Waals surface area (Å²) in [6.07, 6.45) is 0. The van der Waals surface area contributed by atoms with Crippen molar-refractivity contribution < 1.29 is 29.3 Å². The Labute approximate surface area is 190 Å². The molecule has 0 amide bonds. The quantitative estimate of drug-likeness (QED) is 0.261. The van der Waals surface area contributed by atoms with Gasteiger partial charge in [0.1, 0.15) is 11.5 Å². The van der Waals surface area contributed by atoms with Crippen LogP contribution in [-0.4, -0.2) is 32.1 Å². The highest BCUT2D eigenvalue weighted by atomic mass is 16.5. The second-order valence-corrected chi connectivity index (χ2v) is 7.06. The number of nitrogens with one attached hydrogen (secondary N) is 2. The molecule has 0 bridgehead atoms. The summed E-state index contributed by atoms with van der Waals surface area (Å²) >= 11 is 0. The molecular weight excluding hydrogens is 444 g/mol. The van der Waals surface area contributed by atoms with Gasteiger partial charge in [-0.05, 0) is 35.4 Å². The minimum atomic E-state index is -0.797. The highest BCUT2D eigenvalue weighted by Gasteiger charge is 2.13. The smallest absolute Gasteiger partial charge is 0.343 e. The SMILES string of the molecule is O=C(Oc1ccc(-c2ccc(OC(=O)c3cc(O)[nH]c(=O)c3)cc2)cc1)c1cc(O)[nH]c(=O)c1. The zero-order chi connectivity index (χ0) is 24.2. The second kappa shape index (κ2) is 9.17. The van der Waals surface area contributed by atoms with Crippen molar-refractivity contribution in [3.8, 4) is 34.4 Å². The maximum absolute atomic E-state index is 12.2. The predicted molar refractivity (Wildman–Crippen MR) is 119 cm³/mol. The van der Waals surface area contributed by atoms with E-state index in [1.807, 2.05) is 0 Å². The highest BCUT2D eigenvalue weighted by Crippen LogP contribution is 2.25. The van der Waals surface area contributed by atoms with E-state index < -0.39 is 34.8 Å². The summed E-state index contributed by atoms with van der Waals surface area (Å²) in [7, 11) is 0. The first-order valence-corrected chi connectivity index (χ1v) is 9.78. The number of carbonyl (C=O) groups is 2. The van der Waals surface area contributed by atoms with E-state index in [0.717, 1.165) is 35.4 Å². The standard InChI is InChI=1S/C24H16N2O8/c27-19-9-15(10-20(28)25-19)23(31)33-17-5-1-13(2-6-17)14-3-7-18(8-4-14)34-24(32)16-11-21(29)26-22(30)12-16/h1-12H,(H2,25,27,28)(H2,26,29,30). The molecule has 0 fully saturated rings. The van der Waals surface area contributed by atoms with Crippen molar-refractivity contribution in [1.29, 1.82) is 0 Å². The normalized spacial score (nSPS) is 10.5. The van der Waals surface area contributed by atoms with Crippen molar-refractivity contribution in [3.05, 3.63) is 105 Å². The molecule has 4 rings (SSSR count). The number of benzene rings is 2. The third-order valence-electron chi connectivity index (χ3n) is 4.59. The molecule has 0 saturated carbocycles. The molecule has 0 radical (unpaired) electrons.